The first-order valence-electron chi connectivity index (χ1n) is 10.4. The monoisotopic (exact) mass is 404 g/mol. The van der Waals surface area contributed by atoms with Gasteiger partial charge in [0.05, 0.1) is 0 Å². The van der Waals surface area contributed by atoms with Gasteiger partial charge >= 0.3 is 5.97 Å². The van der Waals surface area contributed by atoms with Crippen LogP contribution in [0.4, 0.5) is 0 Å². The van der Waals surface area contributed by atoms with Crippen molar-refractivity contribution in [2.24, 2.45) is 0 Å². The number of benzene rings is 3. The number of rotatable bonds is 10. The fraction of sp³-hybridized carbons (Fsp3) is 0.231. The minimum atomic E-state index is -1.84. The molecule has 0 heterocycles. The lowest BCUT2D eigenvalue weighted by atomic mass is 10.1. The van der Waals surface area contributed by atoms with Crippen LogP contribution >= 0.6 is 6.89 Å². The molecule has 0 aliphatic heterocycles. The van der Waals surface area contributed by atoms with Gasteiger partial charge in [0.25, 0.3) is 0 Å². The number of carboxylic acids is 1. The van der Waals surface area contributed by atoms with Crippen molar-refractivity contribution in [1.82, 2.24) is 0 Å². The summed E-state index contributed by atoms with van der Waals surface area (Å²) >= 11 is 0. The van der Waals surface area contributed by atoms with E-state index in [4.69, 9.17) is 5.11 Å². The summed E-state index contributed by atoms with van der Waals surface area (Å²) in [6.07, 6.45) is 5.22. The molecule has 0 bridgehead atoms. The van der Waals surface area contributed by atoms with Gasteiger partial charge in [-0.1, -0.05) is 110 Å². The molecule has 0 saturated carbocycles. The Morgan fingerprint density at radius 3 is 1.48 bits per heavy atom. The maximum Gasteiger partial charge on any atom is 0.303 e. The summed E-state index contributed by atoms with van der Waals surface area (Å²) in [5.41, 5.74) is 0. The number of unbranched alkanes of at least 4 members (excludes halogenated alkanes) is 4. The second-order valence-electron chi connectivity index (χ2n) is 7.26. The van der Waals surface area contributed by atoms with E-state index in [1.54, 1.807) is 0 Å². The number of carbonyl (C=O) groups is 1. The standard InChI is InChI=1S/C26H29O2P/c27-26(28)21-13-2-1-3-14-22-29(23-15-7-4-8-16-23,24-17-9-5-10-18-24)25-19-11-6-12-20-25/h4-12,15-20,22H,1-3,13-14,21H2,(H,27,28). The fourth-order valence-electron chi connectivity index (χ4n) is 3.81. The van der Waals surface area contributed by atoms with E-state index in [-0.39, 0.29) is 6.42 Å². The molecule has 0 amide bonds. The maximum absolute atomic E-state index is 10.7. The third-order valence-electron chi connectivity index (χ3n) is 5.24. The molecule has 0 aromatic heterocycles. The van der Waals surface area contributed by atoms with Gasteiger partial charge in [-0.2, -0.15) is 0 Å². The highest BCUT2D eigenvalue weighted by Gasteiger charge is 2.24. The summed E-state index contributed by atoms with van der Waals surface area (Å²) in [4.78, 5) is 10.7. The first-order valence-corrected chi connectivity index (χ1v) is 12.2. The lowest BCUT2D eigenvalue weighted by Crippen LogP contribution is -2.26. The van der Waals surface area contributed by atoms with Crippen molar-refractivity contribution < 1.29 is 9.90 Å². The Hall–Kier alpha value is -2.57. The van der Waals surface area contributed by atoms with E-state index in [9.17, 15) is 4.79 Å². The second-order valence-corrected chi connectivity index (χ2v) is 10.6. The topological polar surface area (TPSA) is 37.3 Å². The van der Waals surface area contributed by atoms with E-state index in [1.165, 1.54) is 15.9 Å². The average Bonchev–Trinajstić information content (AvgIpc) is 2.77. The lowest BCUT2D eigenvalue weighted by Gasteiger charge is -2.29. The number of carboxylic acid groups (broad SMARTS) is 1. The molecule has 0 unspecified atom stereocenters. The molecule has 3 aromatic rings. The van der Waals surface area contributed by atoms with Gasteiger partial charge in [-0.05, 0) is 42.1 Å². The molecular formula is C26H29O2P. The summed E-state index contributed by atoms with van der Waals surface area (Å²) in [5, 5.41) is 12.9. The van der Waals surface area contributed by atoms with Crippen LogP contribution in [0.15, 0.2) is 91.0 Å². The predicted octanol–water partition coefficient (Wildman–Crippen LogP) is 5.21. The normalized spacial score (nSPS) is 11.2. The highest BCUT2D eigenvalue weighted by atomic mass is 31.2. The Labute approximate surface area is 174 Å². The third kappa shape index (κ3) is 5.49. The largest absolute Gasteiger partial charge is 0.481 e. The molecular weight excluding hydrogens is 375 g/mol. The zero-order chi connectivity index (χ0) is 20.4. The third-order valence-corrected chi connectivity index (χ3v) is 9.38. The minimum absolute atomic E-state index is 0.276. The Bertz CT molecular complexity index is 831. The summed E-state index contributed by atoms with van der Waals surface area (Å²) in [6, 6.07) is 32.6. The molecule has 2 nitrogen and oxygen atoms in total. The van der Waals surface area contributed by atoms with Crippen LogP contribution in [0.25, 0.3) is 0 Å². The van der Waals surface area contributed by atoms with Gasteiger partial charge in [-0.25, -0.2) is 0 Å². The van der Waals surface area contributed by atoms with Gasteiger partial charge in [-0.3, -0.25) is 4.79 Å². The SMILES string of the molecule is O=C(O)CCCCCCC=P(c1ccccc1)(c1ccccc1)c1ccccc1. The van der Waals surface area contributed by atoms with Crippen LogP contribution in [0.1, 0.15) is 38.5 Å². The maximum atomic E-state index is 10.7. The van der Waals surface area contributed by atoms with E-state index in [0.29, 0.717) is 0 Å². The molecule has 0 fully saturated rings. The summed E-state index contributed by atoms with van der Waals surface area (Å²) < 4.78 is 0. The molecule has 0 spiro atoms. The van der Waals surface area contributed by atoms with Crippen molar-refractivity contribution in [3.63, 3.8) is 0 Å². The quantitative estimate of drug-likeness (QED) is 0.372. The molecule has 3 aromatic carbocycles. The second kappa shape index (κ2) is 10.8. The Morgan fingerprint density at radius 1 is 0.655 bits per heavy atom. The highest BCUT2D eigenvalue weighted by molar-refractivity contribution is 7.94. The van der Waals surface area contributed by atoms with Gasteiger partial charge in [-0.15, -0.1) is 0 Å². The van der Waals surface area contributed by atoms with Crippen LogP contribution in [-0.4, -0.2) is 16.9 Å². The average molecular weight is 404 g/mol. The smallest absolute Gasteiger partial charge is 0.303 e. The van der Waals surface area contributed by atoms with Crippen molar-refractivity contribution in [2.75, 3.05) is 0 Å². The Balaban J connectivity index is 1.96. The van der Waals surface area contributed by atoms with E-state index < -0.39 is 12.9 Å². The van der Waals surface area contributed by atoms with Crippen molar-refractivity contribution in [3.05, 3.63) is 91.0 Å². The minimum Gasteiger partial charge on any atom is -0.481 e. The van der Waals surface area contributed by atoms with Gasteiger partial charge in [0, 0.05) is 6.42 Å². The molecule has 3 heteroatoms. The Kier molecular flexibility index (Phi) is 7.90. The van der Waals surface area contributed by atoms with Gasteiger partial charge in [0.1, 0.15) is 0 Å². The van der Waals surface area contributed by atoms with Crippen molar-refractivity contribution in [3.8, 4) is 0 Å². The lowest BCUT2D eigenvalue weighted by molar-refractivity contribution is -0.137. The van der Waals surface area contributed by atoms with Crippen LogP contribution in [0.2, 0.25) is 0 Å². The van der Waals surface area contributed by atoms with E-state index >= 15 is 0 Å². The first kappa shape index (κ1) is 21.1. The van der Waals surface area contributed by atoms with Crippen molar-refractivity contribution >= 4 is 34.6 Å². The van der Waals surface area contributed by atoms with E-state index in [2.05, 4.69) is 96.8 Å². The fourth-order valence-corrected chi connectivity index (χ4v) is 7.84. The van der Waals surface area contributed by atoms with Gasteiger partial charge < -0.3 is 5.11 Å². The zero-order valence-electron chi connectivity index (χ0n) is 16.8. The molecule has 0 aliphatic rings. The van der Waals surface area contributed by atoms with E-state index in [0.717, 1.165) is 32.1 Å². The van der Waals surface area contributed by atoms with Crippen LogP contribution in [0.5, 0.6) is 0 Å². The summed E-state index contributed by atoms with van der Waals surface area (Å²) in [5.74, 6) is 1.86. The van der Waals surface area contributed by atoms with Crippen molar-refractivity contribution in [1.29, 1.82) is 0 Å². The summed E-state index contributed by atoms with van der Waals surface area (Å²) in [6.45, 7) is -1.84. The van der Waals surface area contributed by atoms with Gasteiger partial charge in [0.2, 0.25) is 0 Å². The zero-order valence-corrected chi connectivity index (χ0v) is 17.7. The van der Waals surface area contributed by atoms with Crippen molar-refractivity contribution in [2.45, 2.75) is 38.5 Å². The predicted molar refractivity (Wildman–Crippen MR) is 127 cm³/mol. The van der Waals surface area contributed by atoms with Crippen LogP contribution < -0.4 is 15.9 Å². The Morgan fingerprint density at radius 2 is 1.07 bits per heavy atom. The van der Waals surface area contributed by atoms with Gasteiger partial charge in [0.15, 0.2) is 0 Å². The number of hydrogen-bond donors (Lipinski definition) is 1. The first-order chi connectivity index (χ1) is 14.2. The number of aliphatic carboxylic acids is 1. The van der Waals surface area contributed by atoms with E-state index in [1.807, 2.05) is 0 Å². The molecule has 0 radical (unpaired) electrons. The highest BCUT2D eigenvalue weighted by Crippen LogP contribution is 2.44. The van der Waals surface area contributed by atoms with Crippen LogP contribution in [-0.2, 0) is 4.79 Å². The molecule has 1 N–H and O–H groups in total. The molecule has 3 rings (SSSR count). The molecule has 0 saturated heterocycles. The summed E-state index contributed by atoms with van der Waals surface area (Å²) in [7, 11) is 0. The number of hydrogen-bond acceptors (Lipinski definition) is 1. The molecule has 150 valence electrons. The molecule has 0 atom stereocenters. The molecule has 29 heavy (non-hydrogen) atoms. The van der Waals surface area contributed by atoms with Crippen LogP contribution in [0, 0.1) is 0 Å². The molecule has 0 aliphatic carbocycles. The van der Waals surface area contributed by atoms with Crippen LogP contribution in [0.3, 0.4) is 0 Å².